The Hall–Kier alpha value is -3.48. The monoisotopic (exact) mass is 433 g/mol. The Morgan fingerprint density at radius 2 is 1.91 bits per heavy atom. The van der Waals surface area contributed by atoms with Crippen molar-refractivity contribution in [2.45, 2.75) is 32.6 Å². The van der Waals surface area contributed by atoms with Gasteiger partial charge in [0.15, 0.2) is 17.3 Å². The third-order valence-corrected chi connectivity index (χ3v) is 6.40. The largest absolute Gasteiger partial charge is 0.440 e. The number of ketones is 1. The first-order chi connectivity index (χ1) is 15.3. The van der Waals surface area contributed by atoms with Crippen LogP contribution in [0, 0.1) is 12.7 Å². The van der Waals surface area contributed by atoms with Crippen molar-refractivity contribution in [1.82, 2.24) is 9.55 Å². The Morgan fingerprint density at radius 1 is 1.16 bits per heavy atom. The second-order valence-corrected chi connectivity index (χ2v) is 8.59. The SMILES string of the molecule is CC(=O)c1c(N2CCC(c3nc4cc(C)ccc4o3)CC2)c2cc(F)ccc2n(C)c1=O. The van der Waals surface area contributed by atoms with Crippen molar-refractivity contribution in [3.05, 3.63) is 69.6 Å². The fourth-order valence-corrected chi connectivity index (χ4v) is 4.73. The molecule has 4 aromatic rings. The second kappa shape index (κ2) is 7.58. The summed E-state index contributed by atoms with van der Waals surface area (Å²) in [5.41, 5.74) is 3.65. The molecule has 1 fully saturated rings. The Kier molecular flexibility index (Phi) is 4.84. The van der Waals surface area contributed by atoms with E-state index in [2.05, 4.69) is 4.98 Å². The van der Waals surface area contributed by atoms with Crippen LogP contribution in [0.5, 0.6) is 0 Å². The van der Waals surface area contributed by atoms with Crippen LogP contribution in [-0.2, 0) is 7.05 Å². The summed E-state index contributed by atoms with van der Waals surface area (Å²) in [6.07, 6.45) is 1.52. The second-order valence-electron chi connectivity index (χ2n) is 8.59. The molecule has 2 aromatic carbocycles. The number of pyridine rings is 1. The number of nitrogens with zero attached hydrogens (tertiary/aromatic N) is 3. The molecule has 1 aliphatic rings. The van der Waals surface area contributed by atoms with Gasteiger partial charge in [-0.1, -0.05) is 6.07 Å². The van der Waals surface area contributed by atoms with Crippen LogP contribution in [0.2, 0.25) is 0 Å². The van der Waals surface area contributed by atoms with Gasteiger partial charge in [0.2, 0.25) is 0 Å². The van der Waals surface area contributed by atoms with Gasteiger partial charge in [-0.2, -0.15) is 0 Å². The summed E-state index contributed by atoms with van der Waals surface area (Å²) in [6.45, 7) is 4.64. The summed E-state index contributed by atoms with van der Waals surface area (Å²) < 4.78 is 21.6. The van der Waals surface area contributed by atoms with Crippen molar-refractivity contribution in [3.8, 4) is 0 Å². The lowest BCUT2D eigenvalue weighted by molar-refractivity contribution is 0.101. The van der Waals surface area contributed by atoms with E-state index in [0.29, 0.717) is 29.7 Å². The van der Waals surface area contributed by atoms with Gasteiger partial charge < -0.3 is 13.9 Å². The predicted molar refractivity (Wildman–Crippen MR) is 122 cm³/mol. The van der Waals surface area contributed by atoms with E-state index in [1.165, 1.54) is 23.6 Å². The molecule has 1 aliphatic heterocycles. The molecule has 0 amide bonds. The molecule has 0 aliphatic carbocycles. The third-order valence-electron chi connectivity index (χ3n) is 6.40. The lowest BCUT2D eigenvalue weighted by Gasteiger charge is -2.34. The maximum absolute atomic E-state index is 14.2. The zero-order valence-corrected chi connectivity index (χ0v) is 18.3. The lowest BCUT2D eigenvalue weighted by atomic mass is 9.94. The number of carbonyl (C=O) groups is 1. The van der Waals surface area contributed by atoms with E-state index in [-0.39, 0.29) is 22.8 Å². The van der Waals surface area contributed by atoms with Gasteiger partial charge in [-0.25, -0.2) is 9.37 Å². The molecule has 7 heteroatoms. The van der Waals surface area contributed by atoms with Gasteiger partial charge in [0, 0.05) is 31.4 Å². The minimum Gasteiger partial charge on any atom is -0.440 e. The van der Waals surface area contributed by atoms with Gasteiger partial charge >= 0.3 is 0 Å². The highest BCUT2D eigenvalue weighted by molar-refractivity contribution is 6.07. The Balaban J connectivity index is 1.52. The molecule has 6 nitrogen and oxygen atoms in total. The van der Waals surface area contributed by atoms with E-state index < -0.39 is 5.82 Å². The van der Waals surface area contributed by atoms with E-state index >= 15 is 0 Å². The van der Waals surface area contributed by atoms with Crippen LogP contribution in [0.4, 0.5) is 10.1 Å². The van der Waals surface area contributed by atoms with E-state index in [0.717, 1.165) is 35.4 Å². The highest BCUT2D eigenvalue weighted by atomic mass is 19.1. The molecule has 0 unspecified atom stereocenters. The first-order valence-corrected chi connectivity index (χ1v) is 10.8. The van der Waals surface area contributed by atoms with E-state index in [1.54, 1.807) is 13.1 Å². The number of anilines is 1. The van der Waals surface area contributed by atoms with Crippen molar-refractivity contribution in [3.63, 3.8) is 0 Å². The first kappa shape index (κ1) is 20.4. The highest BCUT2D eigenvalue weighted by Crippen LogP contribution is 2.36. The summed E-state index contributed by atoms with van der Waals surface area (Å²) in [5, 5.41) is 0.577. The number of halogens is 1. The number of hydrogen-bond donors (Lipinski definition) is 0. The number of fused-ring (bicyclic) bond motifs is 2. The van der Waals surface area contributed by atoms with E-state index in [4.69, 9.17) is 4.42 Å². The van der Waals surface area contributed by atoms with Crippen LogP contribution in [0.25, 0.3) is 22.0 Å². The molecule has 0 bridgehead atoms. The van der Waals surface area contributed by atoms with E-state index in [9.17, 15) is 14.0 Å². The number of Topliss-reactive ketones (excluding diaryl/α,β-unsaturated/α-hetero) is 1. The van der Waals surface area contributed by atoms with Gasteiger partial charge in [-0.05, 0) is 62.6 Å². The third kappa shape index (κ3) is 3.28. The van der Waals surface area contributed by atoms with Crippen molar-refractivity contribution in [2.24, 2.45) is 7.05 Å². The standard InChI is InChI=1S/C25H24FN3O3/c1-14-4-7-21-19(12-14)27-24(32-21)16-8-10-29(11-9-16)23-18-13-17(26)5-6-20(18)28(3)25(31)22(23)15(2)30/h4-7,12-13,16H,8-11H2,1-3H3. The Morgan fingerprint density at radius 3 is 2.62 bits per heavy atom. The Bertz CT molecular complexity index is 1430. The normalized spacial score (nSPS) is 15.1. The molecule has 0 spiro atoms. The first-order valence-electron chi connectivity index (χ1n) is 10.8. The molecular formula is C25H24FN3O3. The van der Waals surface area contributed by atoms with Crippen LogP contribution in [-0.4, -0.2) is 28.4 Å². The van der Waals surface area contributed by atoms with Crippen molar-refractivity contribution in [2.75, 3.05) is 18.0 Å². The fourth-order valence-electron chi connectivity index (χ4n) is 4.73. The van der Waals surface area contributed by atoms with Gasteiger partial charge in [0.05, 0.1) is 11.2 Å². The molecular weight excluding hydrogens is 409 g/mol. The number of aryl methyl sites for hydroxylation is 2. The number of carbonyl (C=O) groups excluding carboxylic acids is 1. The zero-order chi connectivity index (χ0) is 22.6. The molecule has 164 valence electrons. The van der Waals surface area contributed by atoms with Crippen molar-refractivity contribution in [1.29, 1.82) is 0 Å². The average molecular weight is 433 g/mol. The number of aromatic nitrogens is 2. The summed E-state index contributed by atoms with van der Waals surface area (Å²) in [5.74, 6) is 0.151. The number of hydrogen-bond acceptors (Lipinski definition) is 5. The molecule has 1 saturated heterocycles. The van der Waals surface area contributed by atoms with Crippen molar-refractivity contribution >= 4 is 33.5 Å². The molecule has 0 atom stereocenters. The summed E-state index contributed by atoms with van der Waals surface area (Å²) in [6, 6.07) is 10.3. The molecule has 0 saturated carbocycles. The van der Waals surface area contributed by atoms with Gasteiger partial charge in [0.1, 0.15) is 16.9 Å². The molecule has 0 radical (unpaired) electrons. The maximum atomic E-state index is 14.2. The zero-order valence-electron chi connectivity index (χ0n) is 18.3. The average Bonchev–Trinajstić information content (AvgIpc) is 3.19. The molecule has 2 aromatic heterocycles. The number of benzene rings is 2. The quantitative estimate of drug-likeness (QED) is 0.438. The molecule has 32 heavy (non-hydrogen) atoms. The summed E-state index contributed by atoms with van der Waals surface area (Å²) in [4.78, 5) is 32.2. The van der Waals surface area contributed by atoms with Crippen LogP contribution >= 0.6 is 0 Å². The van der Waals surface area contributed by atoms with Crippen molar-refractivity contribution < 1.29 is 13.6 Å². The number of rotatable bonds is 3. The number of oxazole rings is 1. The molecule has 0 N–H and O–H groups in total. The maximum Gasteiger partial charge on any atom is 0.263 e. The van der Waals surface area contributed by atoms with Crippen LogP contribution < -0.4 is 10.5 Å². The van der Waals surface area contributed by atoms with Crippen LogP contribution in [0.1, 0.15) is 47.5 Å². The minimum absolute atomic E-state index is 0.112. The van der Waals surface area contributed by atoms with Gasteiger partial charge in [-0.3, -0.25) is 9.59 Å². The highest BCUT2D eigenvalue weighted by Gasteiger charge is 2.29. The van der Waals surface area contributed by atoms with Crippen LogP contribution in [0.3, 0.4) is 0 Å². The summed E-state index contributed by atoms with van der Waals surface area (Å²) in [7, 11) is 1.61. The van der Waals surface area contributed by atoms with Gasteiger partial charge in [-0.15, -0.1) is 0 Å². The van der Waals surface area contributed by atoms with Crippen LogP contribution in [0.15, 0.2) is 45.6 Å². The summed E-state index contributed by atoms with van der Waals surface area (Å²) >= 11 is 0. The minimum atomic E-state index is -0.399. The lowest BCUT2D eigenvalue weighted by Crippen LogP contribution is -2.37. The molecule has 3 heterocycles. The van der Waals surface area contributed by atoms with E-state index in [1.807, 2.05) is 30.0 Å². The fraction of sp³-hybridized carbons (Fsp3) is 0.320. The smallest absolute Gasteiger partial charge is 0.263 e. The predicted octanol–water partition coefficient (Wildman–Crippen LogP) is 4.71. The molecule has 5 rings (SSSR count). The Labute approximate surface area is 184 Å². The van der Waals surface area contributed by atoms with Gasteiger partial charge in [0.25, 0.3) is 5.56 Å². The number of piperidine rings is 1. The topological polar surface area (TPSA) is 68.3 Å².